The Balaban J connectivity index is 1.41. The Kier molecular flexibility index (Phi) is 6.04. The highest BCUT2D eigenvalue weighted by Gasteiger charge is 2.16. The normalized spacial score (nSPS) is 16.8. The minimum absolute atomic E-state index is 0.294. The topological polar surface area (TPSA) is 52.9 Å². The highest BCUT2D eigenvalue weighted by atomic mass is 32.1. The molecule has 128 valence electrons. The van der Waals surface area contributed by atoms with E-state index in [1.807, 2.05) is 29.6 Å². The van der Waals surface area contributed by atoms with E-state index in [0.717, 1.165) is 25.1 Å². The lowest BCUT2D eigenvalue weighted by Gasteiger charge is -2.28. The Hall–Kier alpha value is -1.66. The van der Waals surface area contributed by atoms with E-state index in [1.54, 1.807) is 23.5 Å². The number of β-amino-alcohol motifs (C(OH)–C–C–N with tert-alkyl or cyclic N) is 1. The molecular weight excluding hydrogens is 322 g/mol. The third-order valence-electron chi connectivity index (χ3n) is 4.13. The molecule has 0 saturated heterocycles. The maximum absolute atomic E-state index is 10.1. The number of aliphatic hydroxyl groups excluding tert-OH is 1. The van der Waals surface area contributed by atoms with Gasteiger partial charge in [-0.1, -0.05) is 24.3 Å². The van der Waals surface area contributed by atoms with Crippen LogP contribution in [0.25, 0.3) is 5.57 Å². The Morgan fingerprint density at radius 2 is 2.04 bits per heavy atom. The van der Waals surface area contributed by atoms with E-state index in [4.69, 9.17) is 4.74 Å². The van der Waals surface area contributed by atoms with E-state index in [2.05, 4.69) is 11.0 Å². The SMILES string of the molecule is Oc1ccc(C2=CCN(C[C@H](O)COCc3cccs3)CC2)cc1. The molecule has 0 bridgehead atoms. The molecule has 1 aromatic carbocycles. The standard InChI is InChI=1S/C19H23NO3S/c21-17-5-3-15(4-6-17)16-7-9-20(10-8-16)12-18(22)13-23-14-19-2-1-11-24-19/h1-7,11,18,21-22H,8-10,12-14H2/t18-/m0/s1. The van der Waals surface area contributed by atoms with E-state index >= 15 is 0 Å². The minimum Gasteiger partial charge on any atom is -0.508 e. The lowest BCUT2D eigenvalue weighted by atomic mass is 9.99. The first-order valence-corrected chi connectivity index (χ1v) is 9.07. The number of ether oxygens (including phenoxy) is 1. The summed E-state index contributed by atoms with van der Waals surface area (Å²) < 4.78 is 5.58. The Morgan fingerprint density at radius 3 is 2.71 bits per heavy atom. The molecule has 2 heterocycles. The second kappa shape index (κ2) is 8.44. The molecule has 0 aliphatic carbocycles. The summed E-state index contributed by atoms with van der Waals surface area (Å²) in [5.41, 5.74) is 2.46. The van der Waals surface area contributed by atoms with Crippen LogP contribution in [0.15, 0.2) is 47.9 Å². The van der Waals surface area contributed by atoms with Gasteiger partial charge in [0.05, 0.1) is 19.3 Å². The van der Waals surface area contributed by atoms with Gasteiger partial charge in [0.15, 0.2) is 0 Å². The van der Waals surface area contributed by atoms with Gasteiger partial charge in [0, 0.05) is 24.5 Å². The fourth-order valence-electron chi connectivity index (χ4n) is 2.86. The molecule has 0 amide bonds. The van der Waals surface area contributed by atoms with Crippen LogP contribution in [0, 0.1) is 0 Å². The number of rotatable bonds is 7. The number of thiophene rings is 1. The molecule has 0 fully saturated rings. The van der Waals surface area contributed by atoms with Crippen molar-refractivity contribution < 1.29 is 14.9 Å². The number of aromatic hydroxyl groups is 1. The van der Waals surface area contributed by atoms with Gasteiger partial charge in [0.25, 0.3) is 0 Å². The molecule has 1 aliphatic heterocycles. The highest BCUT2D eigenvalue weighted by Crippen LogP contribution is 2.24. The highest BCUT2D eigenvalue weighted by molar-refractivity contribution is 7.09. The molecule has 2 N–H and O–H groups in total. The lowest BCUT2D eigenvalue weighted by molar-refractivity contribution is 0.0123. The number of phenols is 1. The van der Waals surface area contributed by atoms with E-state index in [1.165, 1.54) is 10.5 Å². The molecule has 1 aliphatic rings. The Morgan fingerprint density at radius 1 is 1.21 bits per heavy atom. The summed E-state index contributed by atoms with van der Waals surface area (Å²) >= 11 is 1.67. The second-order valence-electron chi connectivity index (χ2n) is 6.03. The van der Waals surface area contributed by atoms with Gasteiger partial charge in [0.1, 0.15) is 5.75 Å². The number of benzene rings is 1. The molecule has 24 heavy (non-hydrogen) atoms. The number of hydrogen-bond donors (Lipinski definition) is 2. The summed E-state index contributed by atoms with van der Waals surface area (Å²) in [6.07, 6.45) is 2.69. The van der Waals surface area contributed by atoms with E-state index in [9.17, 15) is 10.2 Å². The van der Waals surface area contributed by atoms with Crippen LogP contribution in [0.3, 0.4) is 0 Å². The van der Waals surface area contributed by atoms with Gasteiger partial charge < -0.3 is 14.9 Å². The lowest BCUT2D eigenvalue weighted by Crippen LogP contribution is -2.37. The van der Waals surface area contributed by atoms with Crippen LogP contribution in [0.2, 0.25) is 0 Å². The van der Waals surface area contributed by atoms with Crippen molar-refractivity contribution in [3.8, 4) is 5.75 Å². The first kappa shape index (κ1) is 17.2. The molecule has 0 unspecified atom stereocenters. The smallest absolute Gasteiger partial charge is 0.115 e. The van der Waals surface area contributed by atoms with E-state index in [0.29, 0.717) is 25.5 Å². The zero-order chi connectivity index (χ0) is 16.8. The Labute approximate surface area is 146 Å². The third kappa shape index (κ3) is 4.92. The predicted molar refractivity (Wildman–Crippen MR) is 97.1 cm³/mol. The van der Waals surface area contributed by atoms with Crippen molar-refractivity contribution in [2.75, 3.05) is 26.2 Å². The number of hydrogen-bond acceptors (Lipinski definition) is 5. The summed E-state index contributed by atoms with van der Waals surface area (Å²) in [5.74, 6) is 0.294. The van der Waals surface area contributed by atoms with Crippen LogP contribution in [0.4, 0.5) is 0 Å². The summed E-state index contributed by atoms with van der Waals surface area (Å²) in [6.45, 7) is 3.32. The average molecular weight is 345 g/mol. The molecule has 0 spiro atoms. The largest absolute Gasteiger partial charge is 0.508 e. The Bertz CT molecular complexity index is 652. The molecule has 3 rings (SSSR count). The molecule has 0 radical (unpaired) electrons. The van der Waals surface area contributed by atoms with Gasteiger partial charge >= 0.3 is 0 Å². The zero-order valence-electron chi connectivity index (χ0n) is 13.6. The average Bonchev–Trinajstić information content (AvgIpc) is 3.10. The van der Waals surface area contributed by atoms with Crippen molar-refractivity contribution in [3.63, 3.8) is 0 Å². The maximum Gasteiger partial charge on any atom is 0.115 e. The molecule has 1 atom stereocenters. The monoisotopic (exact) mass is 345 g/mol. The van der Waals surface area contributed by atoms with Crippen LogP contribution in [0.1, 0.15) is 16.9 Å². The molecular formula is C19H23NO3S. The van der Waals surface area contributed by atoms with Crippen molar-refractivity contribution in [1.29, 1.82) is 0 Å². The second-order valence-corrected chi connectivity index (χ2v) is 7.07. The quantitative estimate of drug-likeness (QED) is 0.810. The van der Waals surface area contributed by atoms with Crippen LogP contribution < -0.4 is 0 Å². The third-order valence-corrected chi connectivity index (χ3v) is 4.98. The molecule has 4 nitrogen and oxygen atoms in total. The van der Waals surface area contributed by atoms with E-state index < -0.39 is 6.10 Å². The predicted octanol–water partition coefficient (Wildman–Crippen LogP) is 3.12. The van der Waals surface area contributed by atoms with Crippen LogP contribution in [-0.2, 0) is 11.3 Å². The zero-order valence-corrected chi connectivity index (χ0v) is 14.4. The van der Waals surface area contributed by atoms with E-state index in [-0.39, 0.29) is 0 Å². The first-order valence-electron chi connectivity index (χ1n) is 8.19. The summed E-state index contributed by atoms with van der Waals surface area (Å²) in [5, 5.41) is 21.5. The summed E-state index contributed by atoms with van der Waals surface area (Å²) in [4.78, 5) is 3.42. The van der Waals surface area contributed by atoms with Crippen molar-refractivity contribution >= 4 is 16.9 Å². The van der Waals surface area contributed by atoms with Gasteiger partial charge in [-0.3, -0.25) is 4.90 Å². The fourth-order valence-corrected chi connectivity index (χ4v) is 3.50. The molecule has 0 saturated carbocycles. The van der Waals surface area contributed by atoms with Crippen molar-refractivity contribution in [3.05, 3.63) is 58.3 Å². The summed E-state index contributed by atoms with van der Waals surface area (Å²) in [7, 11) is 0. The number of aliphatic hydroxyl groups is 1. The van der Waals surface area contributed by atoms with Gasteiger partial charge in [-0.2, -0.15) is 0 Å². The fraction of sp³-hybridized carbons (Fsp3) is 0.368. The number of phenolic OH excluding ortho intramolecular Hbond substituents is 1. The van der Waals surface area contributed by atoms with Crippen molar-refractivity contribution in [2.45, 2.75) is 19.1 Å². The molecule has 2 aromatic rings. The molecule has 1 aromatic heterocycles. The first-order chi connectivity index (χ1) is 11.7. The van der Waals surface area contributed by atoms with Crippen LogP contribution in [-0.4, -0.2) is 47.5 Å². The maximum atomic E-state index is 10.1. The summed E-state index contributed by atoms with van der Waals surface area (Å²) in [6, 6.07) is 11.4. The van der Waals surface area contributed by atoms with Crippen molar-refractivity contribution in [2.24, 2.45) is 0 Å². The van der Waals surface area contributed by atoms with Crippen LogP contribution in [0.5, 0.6) is 5.75 Å². The van der Waals surface area contributed by atoms with Gasteiger partial charge in [-0.15, -0.1) is 11.3 Å². The van der Waals surface area contributed by atoms with Gasteiger partial charge in [-0.25, -0.2) is 0 Å². The minimum atomic E-state index is -0.464. The van der Waals surface area contributed by atoms with Gasteiger partial charge in [0.2, 0.25) is 0 Å². The van der Waals surface area contributed by atoms with Crippen LogP contribution >= 0.6 is 11.3 Å². The van der Waals surface area contributed by atoms with Gasteiger partial charge in [-0.05, 0) is 41.1 Å². The molecule has 5 heteroatoms. The van der Waals surface area contributed by atoms with Crippen molar-refractivity contribution in [1.82, 2.24) is 4.90 Å². The number of nitrogens with zero attached hydrogens (tertiary/aromatic N) is 1.